The normalized spacial score (nSPS) is 9.85. The molecule has 3 N–H and O–H groups in total. The van der Waals surface area contributed by atoms with E-state index in [9.17, 15) is 14.4 Å². The maximum atomic E-state index is 10.9. The van der Waals surface area contributed by atoms with E-state index < -0.39 is 16.9 Å². The third-order valence-electron chi connectivity index (χ3n) is 1.37. The van der Waals surface area contributed by atoms with Crippen molar-refractivity contribution < 1.29 is 29.6 Å². The number of hydrogen-bond acceptors (Lipinski definition) is 4. The van der Waals surface area contributed by atoms with Crippen LogP contribution in [0, 0.1) is 0 Å². The number of nitrogens with zero attached hydrogens (tertiary/aromatic N) is 1. The minimum absolute atomic E-state index is 0. The van der Waals surface area contributed by atoms with Gasteiger partial charge in [-0.1, -0.05) is 0 Å². The van der Waals surface area contributed by atoms with Crippen LogP contribution in [0.3, 0.4) is 0 Å². The first-order chi connectivity index (χ1) is 5.66. The smallest absolute Gasteiger partial charge is 0.456 e. The number of nitrogens with one attached hydrogen (secondary N) is 3. The van der Waals surface area contributed by atoms with E-state index in [0.29, 0.717) is 0 Å². The van der Waals surface area contributed by atoms with Crippen LogP contribution in [0.2, 0.25) is 0 Å². The van der Waals surface area contributed by atoms with Gasteiger partial charge in [-0.15, -0.1) is 0 Å². The van der Waals surface area contributed by atoms with Crippen molar-refractivity contribution in [1.29, 1.82) is 0 Å². The second-order valence-corrected chi connectivity index (χ2v) is 2.17. The van der Waals surface area contributed by atoms with Gasteiger partial charge in [0.2, 0.25) is 0 Å². The molecule has 0 radical (unpaired) electrons. The van der Waals surface area contributed by atoms with E-state index in [4.69, 9.17) is 0 Å². The van der Waals surface area contributed by atoms with Gasteiger partial charge in [-0.05, 0) is 5.52 Å². The van der Waals surface area contributed by atoms with Gasteiger partial charge in [-0.2, -0.15) is 0 Å². The predicted molar refractivity (Wildman–Crippen MR) is 39.2 cm³/mol. The third kappa shape index (κ3) is 1.67. The van der Waals surface area contributed by atoms with Gasteiger partial charge in [0.1, 0.15) is 0 Å². The monoisotopic (exact) mass is 190 g/mol. The Balaban J connectivity index is 0.000000845. The van der Waals surface area contributed by atoms with Crippen molar-refractivity contribution in [3.05, 3.63) is 31.3 Å². The van der Waals surface area contributed by atoms with Crippen molar-refractivity contribution in [2.45, 2.75) is 0 Å². The molecule has 0 unspecified atom stereocenters. The van der Waals surface area contributed by atoms with E-state index >= 15 is 0 Å². The maximum Gasteiger partial charge on any atom is 1.00 e. The van der Waals surface area contributed by atoms with Gasteiger partial charge >= 0.3 is 35.2 Å². The summed E-state index contributed by atoms with van der Waals surface area (Å²) in [6.45, 7) is 0. The fraction of sp³-hybridized carbons (Fsp3) is 0. The molecule has 7 nitrogen and oxygen atoms in total. The van der Waals surface area contributed by atoms with E-state index in [1.165, 1.54) is 0 Å². The molecule has 8 heteroatoms. The summed E-state index contributed by atoms with van der Waals surface area (Å²) in [6.07, 6.45) is 0. The number of rotatable bonds is 0. The van der Waals surface area contributed by atoms with Gasteiger partial charge in [-0.3, -0.25) is 14.8 Å². The summed E-state index contributed by atoms with van der Waals surface area (Å²) in [5.74, 6) is 0. The zero-order valence-electron chi connectivity index (χ0n) is 6.67. The summed E-state index contributed by atoms with van der Waals surface area (Å²) in [4.78, 5) is 41.9. The minimum Gasteiger partial charge on any atom is -0.456 e. The van der Waals surface area contributed by atoms with Crippen molar-refractivity contribution in [3.63, 3.8) is 0 Å². The topological polar surface area (TPSA) is 111 Å². The van der Waals surface area contributed by atoms with Crippen LogP contribution in [-0.4, -0.2) is 19.9 Å². The van der Waals surface area contributed by atoms with E-state index in [2.05, 4.69) is 15.0 Å². The number of aromatic nitrogens is 4. The van der Waals surface area contributed by atoms with Gasteiger partial charge in [0.15, 0.2) is 11.2 Å². The minimum atomic E-state index is -0.681. The molecule has 2 aromatic rings. The van der Waals surface area contributed by atoms with E-state index in [-0.39, 0.29) is 40.7 Å². The van der Waals surface area contributed by atoms with E-state index in [0.717, 1.165) is 0 Å². The quantitative estimate of drug-likeness (QED) is 0.285. The average molecular weight is 190 g/mol. The van der Waals surface area contributed by atoms with Crippen LogP contribution in [0.15, 0.2) is 14.4 Å². The molecule has 0 bridgehead atoms. The Morgan fingerprint density at radius 2 is 1.85 bits per heavy atom. The average Bonchev–Trinajstić information content (AvgIpc) is 2.29. The number of aromatic amines is 3. The zero-order chi connectivity index (χ0) is 8.72. The molecule has 0 aliphatic rings. The molecule has 0 atom stereocenters. The summed E-state index contributed by atoms with van der Waals surface area (Å²) in [5, 5.41) is 0. The molecule has 0 aliphatic carbocycles. The second-order valence-electron chi connectivity index (χ2n) is 2.17. The predicted octanol–water partition coefficient (Wildman–Crippen LogP) is -4.98. The molecule has 0 amide bonds. The van der Waals surface area contributed by atoms with Crippen LogP contribution in [0.25, 0.3) is 11.2 Å². The van der Waals surface area contributed by atoms with Crippen molar-refractivity contribution in [1.82, 2.24) is 19.9 Å². The van der Waals surface area contributed by atoms with E-state index in [1.807, 2.05) is 4.98 Å². The summed E-state index contributed by atoms with van der Waals surface area (Å²) in [7, 11) is 0. The molecule has 2 heterocycles. The van der Waals surface area contributed by atoms with Gasteiger partial charge in [0.05, 0.1) is 5.65 Å². The zero-order valence-corrected chi connectivity index (χ0v) is 8.67. The SMILES string of the molecule is O=c1nc2[nH]c(=O)[nH]c(=O)[c-]2[nH]1.[Na+]. The molecular formula is C5H3N4NaO3. The summed E-state index contributed by atoms with van der Waals surface area (Å²) in [6, 6.07) is 0. The van der Waals surface area contributed by atoms with Crippen LogP contribution >= 0.6 is 0 Å². The van der Waals surface area contributed by atoms with Crippen molar-refractivity contribution in [2.24, 2.45) is 0 Å². The molecule has 2 aromatic heterocycles. The van der Waals surface area contributed by atoms with Crippen LogP contribution in [0.1, 0.15) is 0 Å². The fourth-order valence-electron chi connectivity index (χ4n) is 0.911. The number of H-pyrrole nitrogens is 3. The number of fused-ring (bicyclic) bond motifs is 1. The Kier molecular flexibility index (Phi) is 2.60. The molecule has 2 rings (SSSR count). The van der Waals surface area contributed by atoms with Gasteiger partial charge in [0.25, 0.3) is 0 Å². The van der Waals surface area contributed by atoms with Crippen molar-refractivity contribution in [2.75, 3.05) is 0 Å². The molecule has 0 aliphatic heterocycles. The van der Waals surface area contributed by atoms with Gasteiger partial charge in [0, 0.05) is 0 Å². The first kappa shape index (κ1) is 10.0. The summed E-state index contributed by atoms with van der Waals surface area (Å²) >= 11 is 0. The van der Waals surface area contributed by atoms with E-state index in [1.54, 1.807) is 0 Å². The first-order valence-corrected chi connectivity index (χ1v) is 3.06. The first-order valence-electron chi connectivity index (χ1n) is 3.06. The molecule has 13 heavy (non-hydrogen) atoms. The molecule has 0 saturated heterocycles. The molecule has 0 aromatic carbocycles. The van der Waals surface area contributed by atoms with Gasteiger partial charge < -0.3 is 14.8 Å². The number of imidazole rings is 1. The Hall–Kier alpha value is -1.05. The largest absolute Gasteiger partial charge is 1.00 e. The molecule has 0 saturated carbocycles. The Labute approximate surface area is 91.9 Å². The fourth-order valence-corrected chi connectivity index (χ4v) is 0.911. The summed E-state index contributed by atoms with van der Waals surface area (Å²) in [5.41, 5.74) is -2.02. The van der Waals surface area contributed by atoms with Crippen LogP contribution in [0.4, 0.5) is 0 Å². The molecule has 0 fully saturated rings. The van der Waals surface area contributed by atoms with Crippen molar-refractivity contribution in [3.8, 4) is 0 Å². The number of hydrogen-bond donors (Lipinski definition) is 3. The standard InChI is InChI=1S/C5H3N4O3.Na/c10-3-1-2(7-4(11)6-1)8-5(12)9-3;/h(H3,6,7,8,9,10,11,12);/q-1;+1. The van der Waals surface area contributed by atoms with Crippen LogP contribution < -0.4 is 46.5 Å². The van der Waals surface area contributed by atoms with Gasteiger partial charge in [-0.25, -0.2) is 4.79 Å². The molecule has 62 valence electrons. The second kappa shape index (κ2) is 3.36. The third-order valence-corrected chi connectivity index (χ3v) is 1.37. The maximum absolute atomic E-state index is 10.9. The van der Waals surface area contributed by atoms with Crippen molar-refractivity contribution >= 4 is 11.2 Å². The summed E-state index contributed by atoms with van der Waals surface area (Å²) < 4.78 is 0. The van der Waals surface area contributed by atoms with Crippen LogP contribution in [0.5, 0.6) is 0 Å². The molecular weight excluding hydrogens is 187 g/mol. The molecule has 0 spiro atoms. The Morgan fingerprint density at radius 1 is 1.15 bits per heavy atom. The Morgan fingerprint density at radius 3 is 2.54 bits per heavy atom. The van der Waals surface area contributed by atoms with Crippen LogP contribution in [-0.2, 0) is 0 Å². The Bertz CT molecular complexity index is 588.